The lowest BCUT2D eigenvalue weighted by atomic mass is 10.1. The van der Waals surface area contributed by atoms with E-state index in [4.69, 9.17) is 9.94 Å². The van der Waals surface area contributed by atoms with Crippen molar-refractivity contribution in [2.45, 2.75) is 32.7 Å². The van der Waals surface area contributed by atoms with Crippen LogP contribution >= 0.6 is 0 Å². The van der Waals surface area contributed by atoms with Crippen LogP contribution in [0.15, 0.2) is 24.3 Å². The maximum Gasteiger partial charge on any atom is 0.119 e. The van der Waals surface area contributed by atoms with Crippen LogP contribution in [0.2, 0.25) is 0 Å². The topological polar surface area (TPSA) is 41.5 Å². The first-order valence-corrected chi connectivity index (χ1v) is 5.40. The van der Waals surface area contributed by atoms with E-state index in [2.05, 4.69) is 12.4 Å². The molecule has 1 unspecified atom stereocenters. The van der Waals surface area contributed by atoms with E-state index in [1.165, 1.54) is 0 Å². The molecule has 0 radical (unpaired) electrons. The number of hydrogen-bond acceptors (Lipinski definition) is 3. The molecule has 0 heterocycles. The van der Waals surface area contributed by atoms with Crippen LogP contribution in [0.1, 0.15) is 38.3 Å². The fraction of sp³-hybridized carbons (Fsp3) is 0.500. The summed E-state index contributed by atoms with van der Waals surface area (Å²) in [7, 11) is 0. The Morgan fingerprint density at radius 1 is 1.33 bits per heavy atom. The molecule has 3 nitrogen and oxygen atoms in total. The zero-order chi connectivity index (χ0) is 11.1. The van der Waals surface area contributed by atoms with Gasteiger partial charge < -0.3 is 9.94 Å². The van der Waals surface area contributed by atoms with E-state index in [9.17, 15) is 0 Å². The number of nitrogens with one attached hydrogen (secondary N) is 1. The van der Waals surface area contributed by atoms with Gasteiger partial charge in [0.15, 0.2) is 0 Å². The highest BCUT2D eigenvalue weighted by atomic mass is 16.5. The lowest BCUT2D eigenvalue weighted by Crippen LogP contribution is -2.12. The number of unbranched alkanes of at least 4 members (excludes halogenated alkanes) is 1. The minimum atomic E-state index is -0.0466. The van der Waals surface area contributed by atoms with Crippen molar-refractivity contribution in [3.05, 3.63) is 29.8 Å². The third kappa shape index (κ3) is 3.90. The van der Waals surface area contributed by atoms with E-state index in [0.29, 0.717) is 0 Å². The molecule has 84 valence electrons. The van der Waals surface area contributed by atoms with Crippen LogP contribution in [-0.2, 0) is 0 Å². The van der Waals surface area contributed by atoms with Crippen LogP contribution in [-0.4, -0.2) is 11.8 Å². The Morgan fingerprint density at radius 3 is 2.53 bits per heavy atom. The molecule has 1 aromatic carbocycles. The molecular formula is C12H19NO2. The van der Waals surface area contributed by atoms with Gasteiger partial charge in [-0.1, -0.05) is 25.5 Å². The summed E-state index contributed by atoms with van der Waals surface area (Å²) >= 11 is 0. The SMILES string of the molecule is CCCCOc1ccc(C(C)NO)cc1. The number of rotatable bonds is 6. The second kappa shape index (κ2) is 6.43. The lowest BCUT2D eigenvalue weighted by molar-refractivity contribution is 0.133. The van der Waals surface area contributed by atoms with Crippen LogP contribution < -0.4 is 10.2 Å². The number of hydrogen-bond donors (Lipinski definition) is 2. The van der Waals surface area contributed by atoms with Gasteiger partial charge in [0.05, 0.1) is 12.6 Å². The van der Waals surface area contributed by atoms with Crippen LogP contribution in [0.5, 0.6) is 5.75 Å². The Kier molecular flexibility index (Phi) is 5.15. The standard InChI is InChI=1S/C12H19NO2/c1-3-4-9-15-12-7-5-11(6-8-12)10(2)13-14/h5-8,10,13-14H,3-4,9H2,1-2H3. The summed E-state index contributed by atoms with van der Waals surface area (Å²) in [6.45, 7) is 4.80. The predicted molar refractivity (Wildman–Crippen MR) is 60.2 cm³/mol. The molecule has 0 aliphatic heterocycles. The van der Waals surface area contributed by atoms with Crippen molar-refractivity contribution < 1.29 is 9.94 Å². The second-order valence-corrected chi connectivity index (χ2v) is 3.62. The summed E-state index contributed by atoms with van der Waals surface area (Å²) in [6.07, 6.45) is 2.22. The van der Waals surface area contributed by atoms with E-state index in [0.717, 1.165) is 30.8 Å². The molecule has 0 saturated carbocycles. The molecule has 0 aromatic heterocycles. The van der Waals surface area contributed by atoms with Gasteiger partial charge in [0.1, 0.15) is 5.75 Å². The first kappa shape index (κ1) is 12.0. The van der Waals surface area contributed by atoms with Gasteiger partial charge in [0.25, 0.3) is 0 Å². The third-order valence-electron chi connectivity index (χ3n) is 2.34. The fourth-order valence-electron chi connectivity index (χ4n) is 1.26. The molecule has 0 bridgehead atoms. The van der Waals surface area contributed by atoms with Crippen molar-refractivity contribution in [2.24, 2.45) is 0 Å². The average Bonchev–Trinajstić information content (AvgIpc) is 2.29. The van der Waals surface area contributed by atoms with E-state index < -0.39 is 0 Å². The summed E-state index contributed by atoms with van der Waals surface area (Å²) in [5.41, 5.74) is 3.25. The highest BCUT2D eigenvalue weighted by molar-refractivity contribution is 5.28. The molecule has 0 amide bonds. The Bertz CT molecular complexity index is 271. The molecule has 1 atom stereocenters. The van der Waals surface area contributed by atoms with Crippen molar-refractivity contribution >= 4 is 0 Å². The van der Waals surface area contributed by atoms with Crippen molar-refractivity contribution in [2.75, 3.05) is 6.61 Å². The van der Waals surface area contributed by atoms with E-state index in [1.807, 2.05) is 31.2 Å². The molecule has 3 heteroatoms. The molecule has 0 aliphatic carbocycles. The normalized spacial score (nSPS) is 12.5. The quantitative estimate of drug-likeness (QED) is 0.559. The highest BCUT2D eigenvalue weighted by Gasteiger charge is 2.02. The maximum absolute atomic E-state index is 8.75. The van der Waals surface area contributed by atoms with Gasteiger partial charge in [-0.15, -0.1) is 0 Å². The second-order valence-electron chi connectivity index (χ2n) is 3.62. The minimum Gasteiger partial charge on any atom is -0.494 e. The highest BCUT2D eigenvalue weighted by Crippen LogP contribution is 2.17. The summed E-state index contributed by atoms with van der Waals surface area (Å²) in [4.78, 5) is 0. The number of ether oxygens (including phenoxy) is 1. The van der Waals surface area contributed by atoms with Crippen LogP contribution in [0.3, 0.4) is 0 Å². The van der Waals surface area contributed by atoms with Crippen molar-refractivity contribution in [3.63, 3.8) is 0 Å². The average molecular weight is 209 g/mol. The Labute approximate surface area is 91.0 Å². The molecular weight excluding hydrogens is 190 g/mol. The van der Waals surface area contributed by atoms with Gasteiger partial charge in [0, 0.05) is 0 Å². The minimum absolute atomic E-state index is 0.0466. The Hall–Kier alpha value is -1.06. The molecule has 2 N–H and O–H groups in total. The van der Waals surface area contributed by atoms with Gasteiger partial charge in [-0.2, -0.15) is 5.48 Å². The molecule has 1 aromatic rings. The summed E-state index contributed by atoms with van der Waals surface area (Å²) in [5, 5.41) is 8.75. The monoisotopic (exact) mass is 209 g/mol. The van der Waals surface area contributed by atoms with E-state index in [1.54, 1.807) is 0 Å². The maximum atomic E-state index is 8.75. The molecule has 0 spiro atoms. The smallest absolute Gasteiger partial charge is 0.119 e. The van der Waals surface area contributed by atoms with E-state index in [-0.39, 0.29) is 6.04 Å². The lowest BCUT2D eigenvalue weighted by Gasteiger charge is -2.10. The van der Waals surface area contributed by atoms with Crippen molar-refractivity contribution in [1.82, 2.24) is 5.48 Å². The summed E-state index contributed by atoms with van der Waals surface area (Å²) in [5.74, 6) is 0.886. The number of hydroxylamine groups is 1. The summed E-state index contributed by atoms with van der Waals surface area (Å²) in [6, 6.07) is 7.72. The Morgan fingerprint density at radius 2 is 2.00 bits per heavy atom. The first-order valence-electron chi connectivity index (χ1n) is 5.40. The Balaban J connectivity index is 2.49. The van der Waals surface area contributed by atoms with Crippen LogP contribution in [0, 0.1) is 0 Å². The first-order chi connectivity index (χ1) is 7.27. The van der Waals surface area contributed by atoms with Crippen LogP contribution in [0.4, 0.5) is 0 Å². The fourth-order valence-corrected chi connectivity index (χ4v) is 1.26. The zero-order valence-electron chi connectivity index (χ0n) is 9.36. The van der Waals surface area contributed by atoms with Crippen molar-refractivity contribution in [1.29, 1.82) is 0 Å². The molecule has 0 fully saturated rings. The largest absolute Gasteiger partial charge is 0.494 e. The molecule has 1 rings (SSSR count). The van der Waals surface area contributed by atoms with Gasteiger partial charge in [0.2, 0.25) is 0 Å². The molecule has 15 heavy (non-hydrogen) atoms. The van der Waals surface area contributed by atoms with Gasteiger partial charge in [-0.3, -0.25) is 0 Å². The third-order valence-corrected chi connectivity index (χ3v) is 2.34. The summed E-state index contributed by atoms with van der Waals surface area (Å²) < 4.78 is 5.53. The van der Waals surface area contributed by atoms with Gasteiger partial charge in [-0.25, -0.2) is 0 Å². The van der Waals surface area contributed by atoms with Crippen LogP contribution in [0.25, 0.3) is 0 Å². The number of benzene rings is 1. The predicted octanol–water partition coefficient (Wildman–Crippen LogP) is 2.91. The van der Waals surface area contributed by atoms with Gasteiger partial charge >= 0.3 is 0 Å². The molecule has 0 aliphatic rings. The molecule has 0 saturated heterocycles. The van der Waals surface area contributed by atoms with E-state index >= 15 is 0 Å². The van der Waals surface area contributed by atoms with Gasteiger partial charge in [-0.05, 0) is 31.0 Å². The van der Waals surface area contributed by atoms with Crippen molar-refractivity contribution in [3.8, 4) is 5.75 Å². The zero-order valence-corrected chi connectivity index (χ0v) is 9.36.